The lowest BCUT2D eigenvalue weighted by Crippen LogP contribution is -2.43. The van der Waals surface area contributed by atoms with Crippen LogP contribution in [0.1, 0.15) is 26.5 Å². The first kappa shape index (κ1) is 15.6. The van der Waals surface area contributed by atoms with Crippen LogP contribution in [0.25, 0.3) is 0 Å². The average Bonchev–Trinajstić information content (AvgIpc) is 2.74. The molecule has 0 radical (unpaired) electrons. The molecular formula is C10H15N3O4S2. The Kier molecular flexibility index (Phi) is 4.31. The number of hydrogen-bond donors (Lipinski definition) is 2. The van der Waals surface area contributed by atoms with Crippen LogP contribution in [0.2, 0.25) is 0 Å². The third-order valence-electron chi connectivity index (χ3n) is 2.72. The van der Waals surface area contributed by atoms with E-state index in [9.17, 15) is 13.2 Å². The van der Waals surface area contributed by atoms with E-state index in [-0.39, 0.29) is 5.13 Å². The standard InChI is InChI=1S/C10H15N3O4S2/c1-6(13-15)7-5-18-9(11-7)12-8(14)10(2,3)19(4,16)17/h5,15H,1-4H3,(H,11,12,14). The first-order valence-electron chi connectivity index (χ1n) is 5.25. The zero-order valence-corrected chi connectivity index (χ0v) is 12.6. The molecule has 0 atom stereocenters. The molecule has 1 heterocycles. The predicted molar refractivity (Wildman–Crippen MR) is 73.7 cm³/mol. The Morgan fingerprint density at radius 1 is 1.53 bits per heavy atom. The lowest BCUT2D eigenvalue weighted by molar-refractivity contribution is -0.117. The lowest BCUT2D eigenvalue weighted by Gasteiger charge is -2.20. The van der Waals surface area contributed by atoms with Crippen molar-refractivity contribution >= 4 is 37.9 Å². The second kappa shape index (κ2) is 5.25. The van der Waals surface area contributed by atoms with E-state index in [2.05, 4.69) is 15.5 Å². The molecule has 7 nitrogen and oxygen atoms in total. The minimum atomic E-state index is -3.53. The molecular weight excluding hydrogens is 290 g/mol. The summed E-state index contributed by atoms with van der Waals surface area (Å²) in [6, 6.07) is 0. The summed E-state index contributed by atoms with van der Waals surface area (Å²) in [6.07, 6.45) is 1.00. The Bertz CT molecular complexity index is 616. The minimum absolute atomic E-state index is 0.250. The molecule has 2 N–H and O–H groups in total. The number of oxime groups is 1. The quantitative estimate of drug-likeness (QED) is 0.492. The van der Waals surface area contributed by atoms with Crippen LogP contribution in [0.5, 0.6) is 0 Å². The van der Waals surface area contributed by atoms with Crippen molar-refractivity contribution in [3.63, 3.8) is 0 Å². The smallest absolute Gasteiger partial charge is 0.247 e. The lowest BCUT2D eigenvalue weighted by atomic mass is 10.2. The Balaban J connectivity index is 2.93. The maximum Gasteiger partial charge on any atom is 0.247 e. The Morgan fingerprint density at radius 2 is 2.11 bits per heavy atom. The summed E-state index contributed by atoms with van der Waals surface area (Å²) in [5, 5.41) is 15.9. The van der Waals surface area contributed by atoms with Gasteiger partial charge in [-0.2, -0.15) is 0 Å². The summed E-state index contributed by atoms with van der Waals surface area (Å²) in [6.45, 7) is 4.21. The molecule has 1 aromatic heterocycles. The summed E-state index contributed by atoms with van der Waals surface area (Å²) in [4.78, 5) is 15.9. The van der Waals surface area contributed by atoms with Crippen LogP contribution in [0, 0.1) is 0 Å². The number of aromatic nitrogens is 1. The molecule has 0 aromatic carbocycles. The summed E-state index contributed by atoms with van der Waals surface area (Å²) >= 11 is 1.12. The van der Waals surface area contributed by atoms with Crippen LogP contribution < -0.4 is 5.32 Å². The topological polar surface area (TPSA) is 109 Å². The van der Waals surface area contributed by atoms with Crippen LogP contribution in [0.15, 0.2) is 10.5 Å². The molecule has 0 bridgehead atoms. The van der Waals surface area contributed by atoms with Gasteiger partial charge in [0.05, 0.1) is 0 Å². The molecule has 0 spiro atoms. The van der Waals surface area contributed by atoms with E-state index in [4.69, 9.17) is 5.21 Å². The van der Waals surface area contributed by atoms with Crippen molar-refractivity contribution in [1.29, 1.82) is 0 Å². The normalized spacial score (nSPS) is 13.4. The van der Waals surface area contributed by atoms with Gasteiger partial charge in [-0.25, -0.2) is 13.4 Å². The first-order valence-corrected chi connectivity index (χ1v) is 8.02. The second-order valence-corrected chi connectivity index (χ2v) is 7.88. The van der Waals surface area contributed by atoms with Crippen molar-refractivity contribution in [2.45, 2.75) is 25.5 Å². The number of carbonyl (C=O) groups is 1. The SMILES string of the molecule is CC(=NO)c1csc(NC(=O)C(C)(C)S(C)(=O)=O)n1. The minimum Gasteiger partial charge on any atom is -0.411 e. The van der Waals surface area contributed by atoms with E-state index in [0.29, 0.717) is 11.4 Å². The summed E-state index contributed by atoms with van der Waals surface area (Å²) in [5.41, 5.74) is 0.721. The van der Waals surface area contributed by atoms with E-state index in [0.717, 1.165) is 17.6 Å². The monoisotopic (exact) mass is 305 g/mol. The predicted octanol–water partition coefficient (Wildman–Crippen LogP) is 1.10. The van der Waals surface area contributed by atoms with E-state index in [1.54, 1.807) is 12.3 Å². The highest BCUT2D eigenvalue weighted by Gasteiger charge is 2.38. The zero-order valence-electron chi connectivity index (χ0n) is 11.0. The number of rotatable bonds is 4. The number of nitrogens with one attached hydrogen (secondary N) is 1. The fraction of sp³-hybridized carbons (Fsp3) is 0.500. The second-order valence-electron chi connectivity index (χ2n) is 4.46. The van der Waals surface area contributed by atoms with Gasteiger partial charge in [0.15, 0.2) is 15.0 Å². The van der Waals surface area contributed by atoms with Crippen LogP contribution in [-0.2, 0) is 14.6 Å². The van der Waals surface area contributed by atoms with Crippen LogP contribution >= 0.6 is 11.3 Å². The molecule has 1 rings (SSSR count). The number of anilines is 1. The van der Waals surface area contributed by atoms with Crippen molar-refractivity contribution in [1.82, 2.24) is 4.98 Å². The van der Waals surface area contributed by atoms with Gasteiger partial charge in [-0.3, -0.25) is 4.79 Å². The number of nitrogens with zero attached hydrogens (tertiary/aromatic N) is 2. The Labute approximate surface area is 115 Å². The largest absolute Gasteiger partial charge is 0.411 e. The van der Waals surface area contributed by atoms with Gasteiger partial charge in [0.2, 0.25) is 5.91 Å². The maximum absolute atomic E-state index is 11.9. The highest BCUT2D eigenvalue weighted by atomic mass is 32.2. The maximum atomic E-state index is 11.9. The molecule has 106 valence electrons. The zero-order chi connectivity index (χ0) is 14.8. The Hall–Kier alpha value is -1.48. The van der Waals surface area contributed by atoms with Crippen LogP contribution in [-0.4, -0.2) is 41.2 Å². The molecule has 0 aliphatic rings. The van der Waals surface area contributed by atoms with Gasteiger partial charge in [0.25, 0.3) is 0 Å². The van der Waals surface area contributed by atoms with Crippen molar-refractivity contribution in [3.05, 3.63) is 11.1 Å². The third kappa shape index (κ3) is 3.29. The molecule has 1 amide bonds. The summed E-state index contributed by atoms with van der Waals surface area (Å²) in [5.74, 6) is -0.658. The highest BCUT2D eigenvalue weighted by molar-refractivity contribution is 7.92. The number of amides is 1. The highest BCUT2D eigenvalue weighted by Crippen LogP contribution is 2.21. The molecule has 0 unspecified atom stereocenters. The fourth-order valence-electron chi connectivity index (χ4n) is 0.965. The van der Waals surface area contributed by atoms with Gasteiger partial charge in [-0.1, -0.05) is 5.16 Å². The van der Waals surface area contributed by atoms with Gasteiger partial charge >= 0.3 is 0 Å². The number of hydrogen-bond acceptors (Lipinski definition) is 7. The molecule has 0 saturated carbocycles. The van der Waals surface area contributed by atoms with Gasteiger partial charge in [0.1, 0.15) is 16.2 Å². The molecule has 0 aliphatic heterocycles. The van der Waals surface area contributed by atoms with Crippen molar-refractivity contribution < 1.29 is 18.4 Å². The molecule has 1 aromatic rings. The molecule has 9 heteroatoms. The van der Waals surface area contributed by atoms with Crippen molar-refractivity contribution in [3.8, 4) is 0 Å². The average molecular weight is 305 g/mol. The van der Waals surface area contributed by atoms with E-state index in [1.165, 1.54) is 13.8 Å². The molecule has 0 aliphatic carbocycles. The van der Waals surface area contributed by atoms with E-state index < -0.39 is 20.5 Å². The fourth-order valence-corrected chi connectivity index (χ4v) is 2.10. The number of sulfone groups is 1. The molecule has 0 fully saturated rings. The van der Waals surface area contributed by atoms with Crippen molar-refractivity contribution in [2.75, 3.05) is 11.6 Å². The van der Waals surface area contributed by atoms with Gasteiger partial charge in [-0.15, -0.1) is 11.3 Å². The van der Waals surface area contributed by atoms with Gasteiger partial charge in [0, 0.05) is 11.6 Å². The Morgan fingerprint density at radius 3 is 2.58 bits per heavy atom. The number of thiazole rings is 1. The molecule has 0 saturated heterocycles. The van der Waals surface area contributed by atoms with Crippen LogP contribution in [0.3, 0.4) is 0 Å². The molecule has 19 heavy (non-hydrogen) atoms. The van der Waals surface area contributed by atoms with E-state index >= 15 is 0 Å². The summed E-state index contributed by atoms with van der Waals surface area (Å²) in [7, 11) is -3.53. The van der Waals surface area contributed by atoms with Crippen LogP contribution in [0.4, 0.5) is 5.13 Å². The first-order chi connectivity index (χ1) is 8.59. The summed E-state index contributed by atoms with van der Waals surface area (Å²) < 4.78 is 21.5. The third-order valence-corrected chi connectivity index (χ3v) is 5.52. The number of carbonyl (C=O) groups excluding carboxylic acids is 1. The van der Waals surface area contributed by atoms with Crippen molar-refractivity contribution in [2.24, 2.45) is 5.16 Å². The van der Waals surface area contributed by atoms with Gasteiger partial charge in [-0.05, 0) is 20.8 Å². The van der Waals surface area contributed by atoms with E-state index in [1.807, 2.05) is 0 Å². The van der Waals surface area contributed by atoms with Gasteiger partial charge < -0.3 is 10.5 Å².